The van der Waals surface area contributed by atoms with Crippen LogP contribution in [-0.4, -0.2) is 31.1 Å². The maximum atomic E-state index is 12.7. The summed E-state index contributed by atoms with van der Waals surface area (Å²) in [6.45, 7) is 2.16. The number of hydrogen-bond acceptors (Lipinski definition) is 5. The predicted molar refractivity (Wildman–Crippen MR) is 103 cm³/mol. The van der Waals surface area contributed by atoms with Crippen molar-refractivity contribution in [3.05, 3.63) is 52.3 Å². The topological polar surface area (TPSA) is 60.1 Å². The highest BCUT2D eigenvalue weighted by molar-refractivity contribution is 7.99. The fourth-order valence-corrected chi connectivity index (χ4v) is 4.24. The smallest absolute Gasteiger partial charge is 0.253 e. The fraction of sp³-hybridized carbons (Fsp3) is 0.368. The zero-order valence-corrected chi connectivity index (χ0v) is 16.1. The first-order chi connectivity index (χ1) is 12.6. The summed E-state index contributed by atoms with van der Waals surface area (Å²) in [5.74, 6) is 1.79. The summed E-state index contributed by atoms with van der Waals surface area (Å²) in [6.07, 6.45) is 5.27. The van der Waals surface area contributed by atoms with Crippen LogP contribution in [0, 0.1) is 0 Å². The lowest BCUT2D eigenvalue weighted by Gasteiger charge is -2.23. The summed E-state index contributed by atoms with van der Waals surface area (Å²) in [4.78, 5) is 21.8. The molecule has 0 saturated carbocycles. The summed E-state index contributed by atoms with van der Waals surface area (Å²) in [6, 6.07) is 7.71. The molecule has 1 aliphatic carbocycles. The average Bonchev–Trinajstić information content (AvgIpc) is 3.02. The van der Waals surface area contributed by atoms with Gasteiger partial charge in [-0.15, -0.1) is 5.10 Å². The van der Waals surface area contributed by atoms with Crippen LogP contribution in [0.3, 0.4) is 0 Å². The van der Waals surface area contributed by atoms with Crippen LogP contribution in [0.25, 0.3) is 5.78 Å². The molecule has 3 aromatic rings. The second-order valence-electron chi connectivity index (χ2n) is 6.52. The van der Waals surface area contributed by atoms with Gasteiger partial charge in [0.2, 0.25) is 5.16 Å². The summed E-state index contributed by atoms with van der Waals surface area (Å²) in [5.41, 5.74) is 2.59. The number of benzene rings is 1. The summed E-state index contributed by atoms with van der Waals surface area (Å²) in [7, 11) is 0. The van der Waals surface area contributed by atoms with Crippen LogP contribution in [0.15, 0.2) is 35.6 Å². The molecule has 26 heavy (non-hydrogen) atoms. The van der Waals surface area contributed by atoms with Crippen LogP contribution in [0.5, 0.6) is 0 Å². The molecule has 1 aromatic carbocycles. The molecule has 0 aliphatic heterocycles. The minimum Gasteiger partial charge on any atom is -0.294 e. The number of Topliss-reactive ketones (excluding diaryl/α,β-unsaturated/α-hetero) is 1. The molecule has 0 fully saturated rings. The lowest BCUT2D eigenvalue weighted by atomic mass is 9.82. The first-order valence-electron chi connectivity index (χ1n) is 8.82. The largest absolute Gasteiger partial charge is 0.294 e. The molecular weight excluding hydrogens is 368 g/mol. The molecule has 1 atom stereocenters. The Labute approximate surface area is 161 Å². The first-order valence-corrected chi connectivity index (χ1v) is 10.2. The molecule has 4 rings (SSSR count). The first kappa shape index (κ1) is 17.5. The van der Waals surface area contributed by atoms with E-state index in [1.165, 1.54) is 0 Å². The number of fused-ring (bicyclic) bond motifs is 2. The van der Waals surface area contributed by atoms with Crippen LogP contribution >= 0.6 is 23.4 Å². The summed E-state index contributed by atoms with van der Waals surface area (Å²) < 4.78 is 1.63. The molecule has 7 heteroatoms. The van der Waals surface area contributed by atoms with Gasteiger partial charge < -0.3 is 0 Å². The van der Waals surface area contributed by atoms with Crippen molar-refractivity contribution in [1.29, 1.82) is 0 Å². The molecule has 134 valence electrons. The maximum Gasteiger partial charge on any atom is 0.253 e. The standard InChI is InChI=1S/C19H19ClN4OS/c1-2-3-8-26-19-22-18-21-16-9-13(12-4-6-14(20)7-5-12)10-17(25)15(16)11-24(18)23-19/h4-7,11,13H,2-3,8-10H2,1H3. The Balaban J connectivity index is 1.63. The number of ketones is 1. The third-order valence-corrected chi connectivity index (χ3v) is 5.81. The minimum absolute atomic E-state index is 0.108. The van der Waals surface area contributed by atoms with Gasteiger partial charge in [0.25, 0.3) is 5.78 Å². The number of hydrogen-bond donors (Lipinski definition) is 0. The quantitative estimate of drug-likeness (QED) is 0.474. The van der Waals surface area contributed by atoms with Gasteiger partial charge in [-0.05, 0) is 36.5 Å². The number of carbonyl (C=O) groups is 1. The second kappa shape index (κ2) is 7.37. The highest BCUT2D eigenvalue weighted by Crippen LogP contribution is 2.32. The van der Waals surface area contributed by atoms with E-state index in [2.05, 4.69) is 22.0 Å². The van der Waals surface area contributed by atoms with Crippen molar-refractivity contribution in [2.75, 3.05) is 5.75 Å². The van der Waals surface area contributed by atoms with E-state index in [1.54, 1.807) is 22.5 Å². The fourth-order valence-electron chi connectivity index (χ4n) is 3.20. The average molecular weight is 387 g/mol. The van der Waals surface area contributed by atoms with Gasteiger partial charge in [0.1, 0.15) is 0 Å². The molecule has 5 nitrogen and oxygen atoms in total. The van der Waals surface area contributed by atoms with E-state index in [0.29, 0.717) is 22.8 Å². The highest BCUT2D eigenvalue weighted by Gasteiger charge is 2.28. The van der Waals surface area contributed by atoms with Crippen molar-refractivity contribution >= 4 is 34.9 Å². The Kier molecular flexibility index (Phi) is 4.96. The number of unbranched alkanes of at least 4 members (excludes halogenated alkanes) is 1. The molecule has 2 aromatic heterocycles. The van der Waals surface area contributed by atoms with Gasteiger partial charge in [0.05, 0.1) is 11.3 Å². The normalized spacial score (nSPS) is 16.8. The van der Waals surface area contributed by atoms with Gasteiger partial charge in [0, 0.05) is 23.4 Å². The van der Waals surface area contributed by atoms with Gasteiger partial charge in [-0.25, -0.2) is 9.50 Å². The molecule has 0 saturated heterocycles. The van der Waals surface area contributed by atoms with Crippen LogP contribution < -0.4 is 0 Å². The van der Waals surface area contributed by atoms with Gasteiger partial charge in [0.15, 0.2) is 5.78 Å². The Morgan fingerprint density at radius 2 is 2.04 bits per heavy atom. The van der Waals surface area contributed by atoms with E-state index in [9.17, 15) is 4.79 Å². The lowest BCUT2D eigenvalue weighted by molar-refractivity contribution is 0.0962. The predicted octanol–water partition coefficient (Wildman–Crippen LogP) is 4.58. The second-order valence-corrected chi connectivity index (χ2v) is 8.02. The third kappa shape index (κ3) is 3.48. The Morgan fingerprint density at radius 1 is 1.23 bits per heavy atom. The van der Waals surface area contributed by atoms with Gasteiger partial charge in [-0.3, -0.25) is 4.79 Å². The number of thioether (sulfide) groups is 1. The van der Waals surface area contributed by atoms with Crippen molar-refractivity contribution in [1.82, 2.24) is 19.6 Å². The monoisotopic (exact) mass is 386 g/mol. The number of aromatic nitrogens is 4. The minimum atomic E-state index is 0.108. The Bertz CT molecular complexity index is 954. The van der Waals surface area contributed by atoms with E-state index in [1.807, 2.05) is 24.3 Å². The van der Waals surface area contributed by atoms with Crippen molar-refractivity contribution in [3.8, 4) is 0 Å². The van der Waals surface area contributed by atoms with Gasteiger partial charge in [-0.1, -0.05) is 48.8 Å². The number of halogens is 1. The maximum absolute atomic E-state index is 12.7. The number of rotatable bonds is 5. The highest BCUT2D eigenvalue weighted by atomic mass is 35.5. The van der Waals surface area contributed by atoms with Crippen molar-refractivity contribution in [3.63, 3.8) is 0 Å². The molecule has 2 heterocycles. The van der Waals surface area contributed by atoms with Crippen LogP contribution in [-0.2, 0) is 6.42 Å². The van der Waals surface area contributed by atoms with Gasteiger partial charge >= 0.3 is 0 Å². The number of nitrogens with zero attached hydrogens (tertiary/aromatic N) is 4. The molecule has 1 aliphatic rings. The van der Waals surface area contributed by atoms with Crippen molar-refractivity contribution < 1.29 is 4.79 Å². The van der Waals surface area contributed by atoms with Crippen LogP contribution in [0.1, 0.15) is 53.7 Å². The van der Waals surface area contributed by atoms with Crippen LogP contribution in [0.4, 0.5) is 0 Å². The third-order valence-electron chi connectivity index (χ3n) is 4.63. The summed E-state index contributed by atoms with van der Waals surface area (Å²) >= 11 is 7.61. The van der Waals surface area contributed by atoms with E-state index >= 15 is 0 Å². The lowest BCUT2D eigenvalue weighted by Crippen LogP contribution is -2.21. The molecule has 0 N–H and O–H groups in total. The molecule has 0 amide bonds. The molecular formula is C19H19ClN4OS. The SMILES string of the molecule is CCCCSc1nc2nc3c(cn2n1)C(=O)CC(c1ccc(Cl)cc1)C3. The molecule has 0 spiro atoms. The Morgan fingerprint density at radius 3 is 2.81 bits per heavy atom. The van der Waals surface area contributed by atoms with E-state index in [4.69, 9.17) is 11.6 Å². The zero-order chi connectivity index (χ0) is 18.1. The molecule has 0 bridgehead atoms. The zero-order valence-electron chi connectivity index (χ0n) is 14.5. The van der Waals surface area contributed by atoms with E-state index < -0.39 is 0 Å². The van der Waals surface area contributed by atoms with E-state index in [-0.39, 0.29) is 11.7 Å². The summed E-state index contributed by atoms with van der Waals surface area (Å²) in [5, 5.41) is 5.87. The van der Waals surface area contributed by atoms with Crippen molar-refractivity contribution in [2.24, 2.45) is 0 Å². The Hall–Kier alpha value is -1.92. The number of carbonyl (C=O) groups excluding carboxylic acids is 1. The van der Waals surface area contributed by atoms with Crippen LogP contribution in [0.2, 0.25) is 5.02 Å². The van der Waals surface area contributed by atoms with E-state index in [0.717, 1.165) is 41.4 Å². The molecule has 1 unspecified atom stereocenters. The molecule has 0 radical (unpaired) electrons. The van der Waals surface area contributed by atoms with Crippen molar-refractivity contribution in [2.45, 2.75) is 43.7 Å². The van der Waals surface area contributed by atoms with Gasteiger partial charge in [-0.2, -0.15) is 4.98 Å².